The number of nitrogens with zero attached hydrogens (tertiary/aromatic N) is 3. The van der Waals surface area contributed by atoms with Crippen LogP contribution in [0.2, 0.25) is 0 Å². The molecule has 0 aliphatic carbocycles. The first-order valence-corrected chi connectivity index (χ1v) is 10.4. The molecule has 6 heteroatoms. The SMILES string of the molecule is CC1(C(=O)O)CCN(CC(=O)N2CCN(Cc3cccc4ccccc34)CC2)C1. The second-order valence-corrected chi connectivity index (χ2v) is 8.62. The van der Waals surface area contributed by atoms with Gasteiger partial charge in [0.15, 0.2) is 0 Å². The van der Waals surface area contributed by atoms with Gasteiger partial charge in [0.1, 0.15) is 0 Å². The van der Waals surface area contributed by atoms with E-state index in [0.29, 0.717) is 26.1 Å². The number of piperazine rings is 1. The van der Waals surface area contributed by atoms with Crippen LogP contribution in [0.15, 0.2) is 42.5 Å². The van der Waals surface area contributed by atoms with Gasteiger partial charge >= 0.3 is 5.97 Å². The van der Waals surface area contributed by atoms with Gasteiger partial charge in [-0.1, -0.05) is 42.5 Å². The second-order valence-electron chi connectivity index (χ2n) is 8.62. The molecule has 6 nitrogen and oxygen atoms in total. The van der Waals surface area contributed by atoms with Crippen LogP contribution < -0.4 is 0 Å². The summed E-state index contributed by atoms with van der Waals surface area (Å²) in [4.78, 5) is 30.4. The number of aliphatic carboxylic acids is 1. The van der Waals surface area contributed by atoms with Crippen molar-refractivity contribution < 1.29 is 14.7 Å². The molecule has 4 rings (SSSR count). The normalized spacial score (nSPS) is 23.6. The van der Waals surface area contributed by atoms with E-state index in [1.807, 2.05) is 9.80 Å². The van der Waals surface area contributed by atoms with Gasteiger partial charge in [-0.2, -0.15) is 0 Å². The lowest BCUT2D eigenvalue weighted by Gasteiger charge is -2.35. The maximum absolute atomic E-state index is 12.7. The first kappa shape index (κ1) is 19.9. The Morgan fingerprint density at radius 2 is 1.69 bits per heavy atom. The Kier molecular flexibility index (Phi) is 5.56. The fraction of sp³-hybridized carbons (Fsp3) is 0.478. The highest BCUT2D eigenvalue weighted by Gasteiger charge is 2.41. The molecule has 2 fully saturated rings. The molecule has 1 N–H and O–H groups in total. The first-order valence-electron chi connectivity index (χ1n) is 10.4. The highest BCUT2D eigenvalue weighted by Crippen LogP contribution is 2.30. The molecular formula is C23H29N3O3. The van der Waals surface area contributed by atoms with Crippen LogP contribution in [-0.4, -0.2) is 77.5 Å². The average molecular weight is 396 g/mol. The Bertz CT molecular complexity index is 902. The van der Waals surface area contributed by atoms with Gasteiger partial charge in [-0.3, -0.25) is 19.4 Å². The van der Waals surface area contributed by atoms with E-state index in [2.05, 4.69) is 47.4 Å². The van der Waals surface area contributed by atoms with Crippen LogP contribution in [0.3, 0.4) is 0 Å². The summed E-state index contributed by atoms with van der Waals surface area (Å²) in [6, 6.07) is 14.9. The van der Waals surface area contributed by atoms with Crippen molar-refractivity contribution in [2.24, 2.45) is 5.41 Å². The third-order valence-corrected chi connectivity index (χ3v) is 6.43. The van der Waals surface area contributed by atoms with Crippen molar-refractivity contribution in [2.75, 3.05) is 45.8 Å². The van der Waals surface area contributed by atoms with E-state index < -0.39 is 11.4 Å². The van der Waals surface area contributed by atoms with Crippen molar-refractivity contribution in [3.8, 4) is 0 Å². The molecule has 2 aromatic rings. The summed E-state index contributed by atoms with van der Waals surface area (Å²) in [7, 11) is 0. The lowest BCUT2D eigenvalue weighted by atomic mass is 9.90. The summed E-state index contributed by atoms with van der Waals surface area (Å²) in [6.45, 7) is 7.31. The van der Waals surface area contributed by atoms with Crippen molar-refractivity contribution in [1.29, 1.82) is 0 Å². The number of hydrogen-bond acceptors (Lipinski definition) is 4. The molecule has 0 saturated carbocycles. The Labute approximate surface area is 171 Å². The van der Waals surface area contributed by atoms with Gasteiger partial charge in [0.25, 0.3) is 0 Å². The van der Waals surface area contributed by atoms with E-state index in [0.717, 1.165) is 32.7 Å². The summed E-state index contributed by atoms with van der Waals surface area (Å²) in [5, 5.41) is 11.9. The highest BCUT2D eigenvalue weighted by atomic mass is 16.4. The molecule has 2 heterocycles. The number of rotatable bonds is 5. The molecular weight excluding hydrogens is 366 g/mol. The zero-order valence-electron chi connectivity index (χ0n) is 17.0. The molecule has 0 spiro atoms. The zero-order valence-corrected chi connectivity index (χ0v) is 17.0. The maximum atomic E-state index is 12.7. The van der Waals surface area contributed by atoms with E-state index in [1.54, 1.807) is 6.92 Å². The number of carboxylic acid groups (broad SMARTS) is 1. The summed E-state index contributed by atoms with van der Waals surface area (Å²) in [6.07, 6.45) is 0.606. The van der Waals surface area contributed by atoms with Crippen molar-refractivity contribution in [2.45, 2.75) is 19.9 Å². The third-order valence-electron chi connectivity index (χ3n) is 6.43. The molecule has 29 heavy (non-hydrogen) atoms. The van der Waals surface area contributed by atoms with Crippen molar-refractivity contribution in [3.63, 3.8) is 0 Å². The van der Waals surface area contributed by atoms with Crippen LogP contribution >= 0.6 is 0 Å². The number of fused-ring (bicyclic) bond motifs is 1. The number of hydrogen-bond donors (Lipinski definition) is 1. The predicted molar refractivity (Wildman–Crippen MR) is 113 cm³/mol. The summed E-state index contributed by atoms with van der Waals surface area (Å²) in [5.74, 6) is -0.654. The number of carbonyl (C=O) groups is 2. The predicted octanol–water partition coefficient (Wildman–Crippen LogP) is 2.28. The maximum Gasteiger partial charge on any atom is 0.310 e. The molecule has 0 bridgehead atoms. The molecule has 2 aliphatic heterocycles. The van der Waals surface area contributed by atoms with Crippen molar-refractivity contribution in [3.05, 3.63) is 48.0 Å². The summed E-state index contributed by atoms with van der Waals surface area (Å²) in [5.41, 5.74) is 0.602. The van der Waals surface area contributed by atoms with Crippen LogP contribution in [0.1, 0.15) is 18.9 Å². The smallest absolute Gasteiger partial charge is 0.310 e. The lowest BCUT2D eigenvalue weighted by Crippen LogP contribution is -2.50. The standard InChI is InChI=1S/C23H29N3O3/c1-23(22(28)29)9-10-25(17-23)16-21(27)26-13-11-24(12-14-26)15-19-7-4-6-18-5-2-3-8-20(18)19/h2-8H,9-17H2,1H3,(H,28,29). The molecule has 0 radical (unpaired) electrons. The summed E-state index contributed by atoms with van der Waals surface area (Å²) >= 11 is 0. The largest absolute Gasteiger partial charge is 0.481 e. The molecule has 2 saturated heterocycles. The minimum atomic E-state index is -0.769. The Balaban J connectivity index is 1.29. The number of carboxylic acids is 1. The molecule has 1 atom stereocenters. The number of likely N-dealkylation sites (tertiary alicyclic amines) is 1. The minimum absolute atomic E-state index is 0.115. The fourth-order valence-corrected chi connectivity index (χ4v) is 4.48. The van der Waals surface area contributed by atoms with Crippen LogP contribution in [-0.2, 0) is 16.1 Å². The van der Waals surface area contributed by atoms with Gasteiger partial charge in [0, 0.05) is 39.3 Å². The Morgan fingerprint density at radius 3 is 2.41 bits per heavy atom. The third kappa shape index (κ3) is 4.28. The van der Waals surface area contributed by atoms with Gasteiger partial charge in [-0.05, 0) is 36.2 Å². The summed E-state index contributed by atoms with van der Waals surface area (Å²) < 4.78 is 0. The van der Waals surface area contributed by atoms with Gasteiger partial charge < -0.3 is 10.0 Å². The van der Waals surface area contributed by atoms with Gasteiger partial charge in [0.2, 0.25) is 5.91 Å². The van der Waals surface area contributed by atoms with E-state index >= 15 is 0 Å². The zero-order chi connectivity index (χ0) is 20.4. The second kappa shape index (κ2) is 8.13. The minimum Gasteiger partial charge on any atom is -0.481 e. The average Bonchev–Trinajstić information content (AvgIpc) is 3.11. The number of carbonyl (C=O) groups excluding carboxylic acids is 1. The van der Waals surface area contributed by atoms with E-state index in [9.17, 15) is 14.7 Å². The van der Waals surface area contributed by atoms with Crippen LogP contribution in [0, 0.1) is 5.41 Å². The van der Waals surface area contributed by atoms with Gasteiger partial charge in [-0.25, -0.2) is 0 Å². The van der Waals surface area contributed by atoms with Crippen LogP contribution in [0.25, 0.3) is 10.8 Å². The molecule has 2 aromatic carbocycles. The van der Waals surface area contributed by atoms with E-state index in [-0.39, 0.29) is 5.91 Å². The quantitative estimate of drug-likeness (QED) is 0.842. The van der Waals surface area contributed by atoms with E-state index in [1.165, 1.54) is 16.3 Å². The Morgan fingerprint density at radius 1 is 0.966 bits per heavy atom. The van der Waals surface area contributed by atoms with Crippen LogP contribution in [0.5, 0.6) is 0 Å². The number of amides is 1. The monoisotopic (exact) mass is 395 g/mol. The molecule has 154 valence electrons. The van der Waals surface area contributed by atoms with Crippen LogP contribution in [0.4, 0.5) is 0 Å². The topological polar surface area (TPSA) is 64.1 Å². The molecule has 1 amide bonds. The van der Waals surface area contributed by atoms with Gasteiger partial charge in [0.05, 0.1) is 12.0 Å². The molecule has 0 aromatic heterocycles. The molecule has 1 unspecified atom stereocenters. The van der Waals surface area contributed by atoms with Gasteiger partial charge in [-0.15, -0.1) is 0 Å². The fourth-order valence-electron chi connectivity index (χ4n) is 4.48. The number of benzene rings is 2. The Hall–Kier alpha value is -2.44. The molecule has 2 aliphatic rings. The van der Waals surface area contributed by atoms with Crippen molar-refractivity contribution >= 4 is 22.6 Å². The van der Waals surface area contributed by atoms with Crippen molar-refractivity contribution in [1.82, 2.24) is 14.7 Å². The highest BCUT2D eigenvalue weighted by molar-refractivity contribution is 5.85. The first-order chi connectivity index (χ1) is 13.9. The lowest BCUT2D eigenvalue weighted by molar-refractivity contribution is -0.147. The van der Waals surface area contributed by atoms with E-state index in [4.69, 9.17) is 0 Å².